The van der Waals surface area contributed by atoms with Crippen molar-refractivity contribution in [2.45, 2.75) is 25.4 Å². The van der Waals surface area contributed by atoms with Crippen molar-refractivity contribution in [3.63, 3.8) is 0 Å². The lowest BCUT2D eigenvalue weighted by Gasteiger charge is -2.34. The van der Waals surface area contributed by atoms with Crippen LogP contribution >= 0.6 is 0 Å². The molecule has 1 aliphatic carbocycles. The number of aliphatic hydroxyl groups excluding tert-OH is 1. The van der Waals surface area contributed by atoms with Crippen LogP contribution in [0.1, 0.15) is 19.3 Å². The predicted molar refractivity (Wildman–Crippen MR) is 54.3 cm³/mol. The maximum Gasteiger partial charge on any atom is 0.327 e. The minimum absolute atomic E-state index is 0.116. The lowest BCUT2D eigenvalue weighted by atomic mass is 9.82. The van der Waals surface area contributed by atoms with E-state index < -0.39 is 0 Å². The first kappa shape index (κ1) is 12.4. The van der Waals surface area contributed by atoms with Gasteiger partial charge in [-0.2, -0.15) is 0 Å². The summed E-state index contributed by atoms with van der Waals surface area (Å²) in [6, 6.07) is 0. The van der Waals surface area contributed by atoms with Crippen molar-refractivity contribution in [1.82, 2.24) is 10.5 Å². The van der Waals surface area contributed by atoms with Gasteiger partial charge in [0.05, 0.1) is 12.5 Å². The van der Waals surface area contributed by atoms with Gasteiger partial charge in [-0.1, -0.05) is 5.59 Å². The fraction of sp³-hybridized carbons (Fsp3) is 0.889. The van der Waals surface area contributed by atoms with Crippen molar-refractivity contribution in [3.8, 4) is 0 Å². The number of nitrogens with zero attached hydrogens (tertiary/aromatic N) is 1. The Morgan fingerprint density at radius 2 is 2.33 bits per heavy atom. The van der Waals surface area contributed by atoms with E-state index in [4.69, 9.17) is 10.9 Å². The molecule has 1 fully saturated rings. The SMILES string of the molecule is CN(CCC(=O)ONN)CC1CC(O)C1. The quantitative estimate of drug-likeness (QED) is 0.391. The molecule has 6 nitrogen and oxygen atoms in total. The first-order valence-electron chi connectivity index (χ1n) is 5.13. The van der Waals surface area contributed by atoms with Gasteiger partial charge in [0.1, 0.15) is 0 Å². The zero-order valence-corrected chi connectivity index (χ0v) is 8.98. The number of nitrogens with one attached hydrogen (secondary N) is 1. The second-order valence-corrected chi connectivity index (χ2v) is 4.10. The zero-order valence-electron chi connectivity index (χ0n) is 8.98. The Morgan fingerprint density at radius 1 is 1.67 bits per heavy atom. The zero-order chi connectivity index (χ0) is 11.3. The van der Waals surface area contributed by atoms with E-state index >= 15 is 0 Å². The second-order valence-electron chi connectivity index (χ2n) is 4.10. The van der Waals surface area contributed by atoms with Gasteiger partial charge in [0.25, 0.3) is 0 Å². The van der Waals surface area contributed by atoms with Crippen LogP contribution in [0.25, 0.3) is 0 Å². The highest BCUT2D eigenvalue weighted by Crippen LogP contribution is 2.27. The normalized spacial score (nSPS) is 25.1. The largest absolute Gasteiger partial charge is 0.393 e. The molecule has 1 rings (SSSR count). The Balaban J connectivity index is 2.03. The number of nitrogens with two attached hydrogens (primary N) is 1. The van der Waals surface area contributed by atoms with Crippen LogP contribution in [0.2, 0.25) is 0 Å². The average Bonchev–Trinajstić information content (AvgIpc) is 2.13. The number of hydrogen-bond acceptors (Lipinski definition) is 6. The molecule has 0 atom stereocenters. The molecule has 0 radical (unpaired) electrons. The first-order chi connectivity index (χ1) is 7.11. The average molecular weight is 217 g/mol. The standard InChI is InChI=1S/C9H19N3O3/c1-12(3-2-9(14)15-11-10)6-7-4-8(13)5-7/h7-8,11,13H,2-6,10H2,1H3. The van der Waals surface area contributed by atoms with Crippen LogP contribution in [-0.4, -0.2) is 42.2 Å². The predicted octanol–water partition coefficient (Wildman–Crippen LogP) is -0.999. The molecule has 4 N–H and O–H groups in total. The van der Waals surface area contributed by atoms with E-state index in [1.807, 2.05) is 12.6 Å². The second kappa shape index (κ2) is 6.02. The molecular formula is C9H19N3O3. The van der Waals surface area contributed by atoms with Crippen molar-refractivity contribution in [1.29, 1.82) is 0 Å². The molecule has 0 unspecified atom stereocenters. The van der Waals surface area contributed by atoms with E-state index in [1.54, 1.807) is 0 Å². The Hall–Kier alpha value is -0.690. The van der Waals surface area contributed by atoms with Gasteiger partial charge < -0.3 is 14.8 Å². The van der Waals surface area contributed by atoms with Gasteiger partial charge in [-0.3, -0.25) is 4.79 Å². The molecule has 88 valence electrons. The highest BCUT2D eigenvalue weighted by atomic mass is 16.7. The fourth-order valence-electron chi connectivity index (χ4n) is 1.78. The van der Waals surface area contributed by atoms with E-state index in [1.165, 1.54) is 0 Å². The molecule has 0 aliphatic heterocycles. The van der Waals surface area contributed by atoms with Crippen LogP contribution in [0.4, 0.5) is 0 Å². The van der Waals surface area contributed by atoms with Gasteiger partial charge in [-0.15, -0.1) is 0 Å². The van der Waals surface area contributed by atoms with E-state index in [-0.39, 0.29) is 12.1 Å². The molecule has 1 saturated carbocycles. The molecule has 0 spiro atoms. The number of hydrogen-bond donors (Lipinski definition) is 3. The van der Waals surface area contributed by atoms with Crippen LogP contribution in [-0.2, 0) is 9.63 Å². The topological polar surface area (TPSA) is 87.8 Å². The van der Waals surface area contributed by atoms with Gasteiger partial charge in [0, 0.05) is 13.1 Å². The molecule has 0 aromatic rings. The minimum Gasteiger partial charge on any atom is -0.393 e. The third-order valence-corrected chi connectivity index (χ3v) is 2.65. The fourth-order valence-corrected chi connectivity index (χ4v) is 1.78. The smallest absolute Gasteiger partial charge is 0.327 e. The van der Waals surface area contributed by atoms with Crippen LogP contribution in [0.3, 0.4) is 0 Å². The summed E-state index contributed by atoms with van der Waals surface area (Å²) in [5.74, 6) is 5.03. The first-order valence-corrected chi connectivity index (χ1v) is 5.13. The summed E-state index contributed by atoms with van der Waals surface area (Å²) in [6.45, 7) is 1.56. The van der Waals surface area contributed by atoms with E-state index in [0.29, 0.717) is 18.9 Å². The number of rotatable bonds is 6. The maximum atomic E-state index is 10.9. The Kier molecular flexibility index (Phi) is 4.97. The maximum absolute atomic E-state index is 10.9. The summed E-state index contributed by atoms with van der Waals surface area (Å²) in [4.78, 5) is 17.4. The van der Waals surface area contributed by atoms with E-state index in [9.17, 15) is 4.79 Å². The summed E-state index contributed by atoms with van der Waals surface area (Å²) in [5, 5.41) is 9.10. The van der Waals surface area contributed by atoms with E-state index in [0.717, 1.165) is 19.4 Å². The third-order valence-electron chi connectivity index (χ3n) is 2.65. The molecule has 0 bridgehead atoms. The monoisotopic (exact) mass is 217 g/mol. The number of hydrazine groups is 1. The van der Waals surface area contributed by atoms with E-state index in [2.05, 4.69) is 9.74 Å². The Morgan fingerprint density at radius 3 is 2.87 bits per heavy atom. The highest BCUT2D eigenvalue weighted by Gasteiger charge is 2.27. The van der Waals surface area contributed by atoms with Crippen molar-refractivity contribution >= 4 is 5.97 Å². The van der Waals surface area contributed by atoms with Gasteiger partial charge in [-0.05, 0) is 25.8 Å². The van der Waals surface area contributed by atoms with Gasteiger partial charge in [-0.25, -0.2) is 5.84 Å². The van der Waals surface area contributed by atoms with Crippen molar-refractivity contribution in [3.05, 3.63) is 0 Å². The van der Waals surface area contributed by atoms with Crippen molar-refractivity contribution < 1.29 is 14.7 Å². The number of carbonyl (C=O) groups excluding carboxylic acids is 1. The summed E-state index contributed by atoms with van der Waals surface area (Å²) in [5.41, 5.74) is 1.86. The molecule has 0 aromatic carbocycles. The van der Waals surface area contributed by atoms with Gasteiger partial charge >= 0.3 is 5.97 Å². The summed E-state index contributed by atoms with van der Waals surface area (Å²) < 4.78 is 0. The van der Waals surface area contributed by atoms with Crippen molar-refractivity contribution in [2.24, 2.45) is 11.8 Å². The highest BCUT2D eigenvalue weighted by molar-refractivity contribution is 5.69. The van der Waals surface area contributed by atoms with Crippen LogP contribution in [0.15, 0.2) is 0 Å². The molecule has 0 amide bonds. The van der Waals surface area contributed by atoms with Gasteiger partial charge in [0.2, 0.25) is 0 Å². The summed E-state index contributed by atoms with van der Waals surface area (Å²) >= 11 is 0. The lowest BCUT2D eigenvalue weighted by Crippen LogP contribution is -2.38. The van der Waals surface area contributed by atoms with Crippen LogP contribution in [0.5, 0.6) is 0 Å². The van der Waals surface area contributed by atoms with Crippen LogP contribution < -0.4 is 11.4 Å². The molecule has 15 heavy (non-hydrogen) atoms. The molecular weight excluding hydrogens is 198 g/mol. The van der Waals surface area contributed by atoms with Crippen molar-refractivity contribution in [2.75, 3.05) is 20.1 Å². The molecule has 0 saturated heterocycles. The minimum atomic E-state index is -0.363. The summed E-state index contributed by atoms with van der Waals surface area (Å²) in [6.07, 6.45) is 1.95. The molecule has 0 aromatic heterocycles. The number of carbonyl (C=O) groups is 1. The Labute approximate surface area is 89.3 Å². The molecule has 0 heterocycles. The van der Waals surface area contributed by atoms with Crippen LogP contribution in [0, 0.1) is 5.92 Å². The molecule has 6 heteroatoms. The Bertz CT molecular complexity index is 207. The third kappa shape index (κ3) is 4.57. The van der Waals surface area contributed by atoms with Gasteiger partial charge in [0.15, 0.2) is 0 Å². The summed E-state index contributed by atoms with van der Waals surface area (Å²) in [7, 11) is 1.95. The number of aliphatic hydroxyl groups is 1. The molecule has 1 aliphatic rings. The lowest BCUT2D eigenvalue weighted by molar-refractivity contribution is -0.151.